The maximum atomic E-state index is 15.1. The number of nitrogens with zero attached hydrogens (tertiary/aromatic N) is 4. The molecule has 1 aliphatic heterocycles. The van der Waals surface area contributed by atoms with Crippen LogP contribution in [0.25, 0.3) is 16.9 Å². The van der Waals surface area contributed by atoms with E-state index in [4.69, 9.17) is 11.6 Å². The van der Waals surface area contributed by atoms with Crippen molar-refractivity contribution in [3.05, 3.63) is 52.1 Å². The number of benzene rings is 1. The van der Waals surface area contributed by atoms with Gasteiger partial charge < -0.3 is 4.90 Å². The van der Waals surface area contributed by atoms with Gasteiger partial charge >= 0.3 is 0 Å². The molecule has 2 fully saturated rings. The lowest BCUT2D eigenvalue weighted by Gasteiger charge is -2.27. The predicted molar refractivity (Wildman–Crippen MR) is 133 cm³/mol. The van der Waals surface area contributed by atoms with Crippen LogP contribution < -0.4 is 0 Å². The standard InChI is InChI=1S/C27H30ClFN4O2/c1-3-19-15-22(27(35)32-12-6-4-5-7-16(32)2)30-26-24(28)25(31-33(19)26)20-11-8-17(13-21(20)29)14-23(34)18-9-10-18/h8,11,13,15-16,18H,3-7,9-10,12,14H2,1-2H3. The van der Waals surface area contributed by atoms with Gasteiger partial charge in [0.25, 0.3) is 5.91 Å². The summed E-state index contributed by atoms with van der Waals surface area (Å²) in [6.45, 7) is 4.77. The van der Waals surface area contributed by atoms with Gasteiger partial charge in [-0.3, -0.25) is 9.59 Å². The third-order valence-corrected chi connectivity index (χ3v) is 7.55. The lowest BCUT2D eigenvalue weighted by molar-refractivity contribution is -0.119. The molecule has 1 aliphatic carbocycles. The van der Waals surface area contributed by atoms with Gasteiger partial charge in [-0.15, -0.1) is 0 Å². The zero-order valence-electron chi connectivity index (χ0n) is 20.2. The van der Waals surface area contributed by atoms with Gasteiger partial charge in [0.1, 0.15) is 28.0 Å². The van der Waals surface area contributed by atoms with Gasteiger partial charge in [-0.1, -0.05) is 37.4 Å². The van der Waals surface area contributed by atoms with E-state index in [0.717, 1.165) is 44.2 Å². The topological polar surface area (TPSA) is 67.6 Å². The number of aromatic nitrogens is 3. The first-order chi connectivity index (χ1) is 16.9. The average molecular weight is 497 g/mol. The van der Waals surface area contributed by atoms with E-state index in [0.29, 0.717) is 29.9 Å². The predicted octanol–water partition coefficient (Wildman–Crippen LogP) is 5.68. The molecule has 1 saturated carbocycles. The Kier molecular flexibility index (Phi) is 6.62. The molecule has 5 rings (SSSR count). The van der Waals surface area contributed by atoms with E-state index in [1.165, 1.54) is 6.07 Å². The number of hydrogen-bond acceptors (Lipinski definition) is 4. The highest BCUT2D eigenvalue weighted by molar-refractivity contribution is 6.36. The number of hydrogen-bond donors (Lipinski definition) is 0. The number of amides is 1. The second-order valence-corrected chi connectivity index (χ2v) is 10.2. The molecule has 3 aromatic rings. The Labute approximate surface area is 209 Å². The second-order valence-electron chi connectivity index (χ2n) is 9.81. The summed E-state index contributed by atoms with van der Waals surface area (Å²) < 4.78 is 16.7. The van der Waals surface area contributed by atoms with Crippen LogP contribution in [0.15, 0.2) is 24.3 Å². The Balaban J connectivity index is 1.50. The van der Waals surface area contributed by atoms with Crippen LogP contribution in [0.1, 0.15) is 74.1 Å². The fourth-order valence-corrected chi connectivity index (χ4v) is 5.18. The van der Waals surface area contributed by atoms with E-state index in [9.17, 15) is 9.59 Å². The van der Waals surface area contributed by atoms with Gasteiger partial charge in [-0.2, -0.15) is 5.10 Å². The minimum atomic E-state index is -0.482. The van der Waals surface area contributed by atoms with Crippen LogP contribution in [-0.2, 0) is 17.6 Å². The fraction of sp³-hybridized carbons (Fsp3) is 0.481. The lowest BCUT2D eigenvalue weighted by Crippen LogP contribution is -2.38. The summed E-state index contributed by atoms with van der Waals surface area (Å²) in [4.78, 5) is 32.0. The van der Waals surface area contributed by atoms with Gasteiger partial charge in [0, 0.05) is 36.2 Å². The van der Waals surface area contributed by atoms with Crippen molar-refractivity contribution < 1.29 is 14.0 Å². The zero-order valence-corrected chi connectivity index (χ0v) is 20.9. The number of ketones is 1. The molecular formula is C27H30ClFN4O2. The Morgan fingerprint density at radius 1 is 1.14 bits per heavy atom. The van der Waals surface area contributed by atoms with Crippen LogP contribution in [0.2, 0.25) is 5.02 Å². The molecule has 0 bridgehead atoms. The number of halogens is 2. The maximum Gasteiger partial charge on any atom is 0.272 e. The third-order valence-electron chi connectivity index (χ3n) is 7.20. The van der Waals surface area contributed by atoms with E-state index in [2.05, 4.69) is 17.0 Å². The Morgan fingerprint density at radius 2 is 1.94 bits per heavy atom. The normalized spacial score (nSPS) is 18.6. The summed E-state index contributed by atoms with van der Waals surface area (Å²) in [5.74, 6) is -0.288. The average Bonchev–Trinajstić information content (AvgIpc) is 3.67. The van der Waals surface area contributed by atoms with Crippen LogP contribution in [0.3, 0.4) is 0 Å². The van der Waals surface area contributed by atoms with E-state index in [-0.39, 0.29) is 46.4 Å². The molecule has 0 N–H and O–H groups in total. The summed E-state index contributed by atoms with van der Waals surface area (Å²) in [5.41, 5.74) is 2.64. The van der Waals surface area contributed by atoms with Gasteiger partial charge in [-0.25, -0.2) is 13.9 Å². The number of likely N-dealkylation sites (tertiary alicyclic amines) is 1. The smallest absolute Gasteiger partial charge is 0.272 e. The molecular weight excluding hydrogens is 467 g/mol. The van der Waals surface area contributed by atoms with Crippen molar-refractivity contribution in [1.82, 2.24) is 19.5 Å². The monoisotopic (exact) mass is 496 g/mol. The van der Waals surface area contributed by atoms with Crippen LogP contribution in [0.4, 0.5) is 4.39 Å². The molecule has 0 radical (unpaired) electrons. The second kappa shape index (κ2) is 9.69. The molecule has 1 saturated heterocycles. The van der Waals surface area contributed by atoms with Gasteiger partial charge in [0.05, 0.1) is 0 Å². The summed E-state index contributed by atoms with van der Waals surface area (Å²) in [6.07, 6.45) is 6.92. The van der Waals surface area contributed by atoms with Crippen LogP contribution in [0.5, 0.6) is 0 Å². The number of carbonyl (C=O) groups excluding carboxylic acids is 2. The molecule has 1 aromatic carbocycles. The number of fused-ring (bicyclic) bond motifs is 1. The van der Waals surface area contributed by atoms with Crippen molar-refractivity contribution in [3.63, 3.8) is 0 Å². The molecule has 6 nitrogen and oxygen atoms in total. The highest BCUT2D eigenvalue weighted by Crippen LogP contribution is 2.34. The molecule has 1 atom stereocenters. The van der Waals surface area contributed by atoms with E-state index >= 15 is 4.39 Å². The van der Waals surface area contributed by atoms with Crippen molar-refractivity contribution in [2.24, 2.45) is 5.92 Å². The highest BCUT2D eigenvalue weighted by atomic mass is 35.5. The van der Waals surface area contributed by atoms with E-state index in [1.807, 2.05) is 11.8 Å². The van der Waals surface area contributed by atoms with E-state index in [1.54, 1.807) is 22.7 Å². The first kappa shape index (κ1) is 23.9. The number of Topliss-reactive ketones (excluding diaryl/α,β-unsaturated/α-hetero) is 1. The third kappa shape index (κ3) is 4.70. The summed E-state index contributed by atoms with van der Waals surface area (Å²) in [5, 5.41) is 4.78. The molecule has 1 unspecified atom stereocenters. The molecule has 3 heterocycles. The van der Waals surface area contributed by atoms with Crippen LogP contribution in [-0.4, -0.2) is 43.8 Å². The Bertz CT molecular complexity index is 1300. The minimum Gasteiger partial charge on any atom is -0.335 e. The summed E-state index contributed by atoms with van der Waals surface area (Å²) in [6, 6.07) is 6.68. The molecule has 0 spiro atoms. The van der Waals surface area contributed by atoms with Crippen molar-refractivity contribution in [2.45, 2.75) is 71.3 Å². The molecule has 8 heteroatoms. The van der Waals surface area contributed by atoms with Crippen LogP contribution in [0, 0.1) is 11.7 Å². The number of rotatable bonds is 6. The van der Waals surface area contributed by atoms with Crippen molar-refractivity contribution in [2.75, 3.05) is 6.54 Å². The Hall–Kier alpha value is -2.80. The quantitative estimate of drug-likeness (QED) is 0.440. The maximum absolute atomic E-state index is 15.1. The first-order valence-corrected chi connectivity index (χ1v) is 13.0. The fourth-order valence-electron chi connectivity index (χ4n) is 4.92. The zero-order chi connectivity index (χ0) is 24.7. The van der Waals surface area contributed by atoms with Gasteiger partial charge in [0.15, 0.2) is 5.65 Å². The highest BCUT2D eigenvalue weighted by Gasteiger charge is 2.30. The largest absolute Gasteiger partial charge is 0.335 e. The van der Waals surface area contributed by atoms with Crippen molar-refractivity contribution >= 4 is 28.9 Å². The molecule has 2 aromatic heterocycles. The SMILES string of the molecule is CCc1cc(C(=O)N2CCCCCC2C)nc2c(Cl)c(-c3ccc(CC(=O)C4CC4)cc3F)nn12. The Morgan fingerprint density at radius 3 is 2.66 bits per heavy atom. The van der Waals surface area contributed by atoms with E-state index < -0.39 is 5.82 Å². The van der Waals surface area contributed by atoms with Gasteiger partial charge in [-0.05, 0) is 62.8 Å². The lowest BCUT2D eigenvalue weighted by atomic mass is 10.0. The van der Waals surface area contributed by atoms with Crippen molar-refractivity contribution in [3.8, 4) is 11.3 Å². The first-order valence-electron chi connectivity index (χ1n) is 12.6. The van der Waals surface area contributed by atoms with Crippen LogP contribution >= 0.6 is 11.6 Å². The summed E-state index contributed by atoms with van der Waals surface area (Å²) >= 11 is 6.69. The molecule has 184 valence electrons. The number of carbonyl (C=O) groups is 2. The van der Waals surface area contributed by atoms with Crippen molar-refractivity contribution in [1.29, 1.82) is 0 Å². The minimum absolute atomic E-state index is 0.105. The summed E-state index contributed by atoms with van der Waals surface area (Å²) in [7, 11) is 0. The number of aryl methyl sites for hydroxylation is 1. The van der Waals surface area contributed by atoms with Gasteiger partial charge in [0.2, 0.25) is 0 Å². The molecule has 35 heavy (non-hydrogen) atoms. The molecule has 1 amide bonds. The molecule has 2 aliphatic rings.